The molecule has 0 aromatic heterocycles. The van der Waals surface area contributed by atoms with Crippen LogP contribution in [0.1, 0.15) is 37.3 Å². The summed E-state index contributed by atoms with van der Waals surface area (Å²) in [5.41, 5.74) is 7.61. The molecule has 19 heavy (non-hydrogen) atoms. The van der Waals surface area contributed by atoms with Gasteiger partial charge in [0.1, 0.15) is 0 Å². The summed E-state index contributed by atoms with van der Waals surface area (Å²) >= 11 is 2.07. The van der Waals surface area contributed by atoms with Crippen LogP contribution in [-0.4, -0.2) is 11.0 Å². The second kappa shape index (κ2) is 5.98. The summed E-state index contributed by atoms with van der Waals surface area (Å²) in [5, 5.41) is 3.44. The predicted molar refractivity (Wildman–Crippen MR) is 85.6 cm³/mol. The third-order valence-electron chi connectivity index (χ3n) is 4.02. The van der Waals surface area contributed by atoms with Gasteiger partial charge in [-0.2, -0.15) is 11.8 Å². The highest BCUT2D eigenvalue weighted by Crippen LogP contribution is 2.31. The molecule has 0 heterocycles. The van der Waals surface area contributed by atoms with Crippen LogP contribution in [0.25, 0.3) is 10.8 Å². The Hall–Kier alpha value is -0.990. The minimum atomic E-state index is 0.162. The van der Waals surface area contributed by atoms with Gasteiger partial charge >= 0.3 is 0 Å². The number of hydrogen-bond donors (Lipinski definition) is 1. The molecule has 1 fully saturated rings. The normalized spacial score (nSPS) is 17.9. The van der Waals surface area contributed by atoms with Gasteiger partial charge in [0.2, 0.25) is 0 Å². The maximum absolute atomic E-state index is 6.34. The molecule has 1 saturated carbocycles. The summed E-state index contributed by atoms with van der Waals surface area (Å²) in [4.78, 5) is 0. The molecule has 1 atom stereocenters. The lowest BCUT2D eigenvalue weighted by atomic mass is 10.0. The number of rotatable bonds is 4. The highest BCUT2D eigenvalue weighted by molar-refractivity contribution is 7.99. The molecular formula is C17H21NS. The van der Waals surface area contributed by atoms with E-state index in [0.29, 0.717) is 0 Å². The summed E-state index contributed by atoms with van der Waals surface area (Å²) in [6.07, 6.45) is 5.58. The van der Waals surface area contributed by atoms with Gasteiger partial charge in [0.15, 0.2) is 0 Å². The van der Waals surface area contributed by atoms with Crippen molar-refractivity contribution in [3.8, 4) is 0 Å². The summed E-state index contributed by atoms with van der Waals surface area (Å²) < 4.78 is 0. The molecule has 0 bridgehead atoms. The Bertz CT molecular complexity index is 546. The van der Waals surface area contributed by atoms with Gasteiger partial charge in [-0.3, -0.25) is 0 Å². The molecule has 2 heteroatoms. The van der Waals surface area contributed by atoms with Crippen molar-refractivity contribution in [3.63, 3.8) is 0 Å². The van der Waals surface area contributed by atoms with Gasteiger partial charge in [0.05, 0.1) is 0 Å². The SMILES string of the molecule is NC(CSC1CCCC1)c1ccc2ccccc2c1. The van der Waals surface area contributed by atoms with Crippen LogP contribution in [0.15, 0.2) is 42.5 Å². The van der Waals surface area contributed by atoms with Gasteiger partial charge in [-0.05, 0) is 35.2 Å². The maximum Gasteiger partial charge on any atom is 0.0387 e. The number of hydrogen-bond acceptors (Lipinski definition) is 2. The predicted octanol–water partition coefficient (Wildman–Crippen LogP) is 4.52. The Morgan fingerprint density at radius 1 is 1.05 bits per heavy atom. The highest BCUT2D eigenvalue weighted by atomic mass is 32.2. The minimum Gasteiger partial charge on any atom is -0.323 e. The van der Waals surface area contributed by atoms with E-state index in [1.807, 2.05) is 0 Å². The molecular weight excluding hydrogens is 250 g/mol. The van der Waals surface area contributed by atoms with Crippen molar-refractivity contribution in [2.24, 2.45) is 5.73 Å². The molecule has 0 radical (unpaired) electrons. The average molecular weight is 271 g/mol. The molecule has 0 spiro atoms. The first-order valence-corrected chi connectivity index (χ1v) is 8.24. The monoisotopic (exact) mass is 271 g/mol. The van der Waals surface area contributed by atoms with E-state index >= 15 is 0 Å². The molecule has 2 aromatic carbocycles. The van der Waals surface area contributed by atoms with Crippen molar-refractivity contribution >= 4 is 22.5 Å². The Morgan fingerprint density at radius 2 is 1.79 bits per heavy atom. The minimum absolute atomic E-state index is 0.162. The van der Waals surface area contributed by atoms with Crippen molar-refractivity contribution in [1.29, 1.82) is 0 Å². The van der Waals surface area contributed by atoms with E-state index < -0.39 is 0 Å². The molecule has 0 aliphatic heterocycles. The van der Waals surface area contributed by atoms with E-state index in [9.17, 15) is 0 Å². The number of thioether (sulfide) groups is 1. The zero-order valence-electron chi connectivity index (χ0n) is 11.2. The van der Waals surface area contributed by atoms with Crippen LogP contribution in [0.4, 0.5) is 0 Å². The summed E-state index contributed by atoms with van der Waals surface area (Å²) in [6.45, 7) is 0. The molecule has 2 aromatic rings. The first-order valence-electron chi connectivity index (χ1n) is 7.19. The maximum atomic E-state index is 6.34. The van der Waals surface area contributed by atoms with Crippen molar-refractivity contribution in [2.75, 3.05) is 5.75 Å². The summed E-state index contributed by atoms with van der Waals surface area (Å²) in [5.74, 6) is 1.04. The van der Waals surface area contributed by atoms with Crippen molar-refractivity contribution < 1.29 is 0 Å². The lowest BCUT2D eigenvalue weighted by Gasteiger charge is -2.15. The summed E-state index contributed by atoms with van der Waals surface area (Å²) in [7, 11) is 0. The largest absolute Gasteiger partial charge is 0.323 e. The van der Waals surface area contributed by atoms with Crippen LogP contribution in [0.3, 0.4) is 0 Å². The number of nitrogens with two attached hydrogens (primary N) is 1. The number of benzene rings is 2. The van der Waals surface area contributed by atoms with Crippen molar-refractivity contribution in [3.05, 3.63) is 48.0 Å². The average Bonchev–Trinajstić information content (AvgIpc) is 2.97. The van der Waals surface area contributed by atoms with E-state index in [1.165, 1.54) is 42.0 Å². The Balaban J connectivity index is 1.68. The fourth-order valence-corrected chi connectivity index (χ4v) is 4.17. The van der Waals surface area contributed by atoms with Crippen molar-refractivity contribution in [2.45, 2.75) is 37.0 Å². The molecule has 2 N–H and O–H groups in total. The third-order valence-corrected chi connectivity index (χ3v) is 5.51. The third kappa shape index (κ3) is 3.13. The van der Waals surface area contributed by atoms with Gasteiger partial charge in [-0.15, -0.1) is 0 Å². The van der Waals surface area contributed by atoms with Crippen LogP contribution in [-0.2, 0) is 0 Å². The van der Waals surface area contributed by atoms with Crippen LogP contribution >= 0.6 is 11.8 Å². The highest BCUT2D eigenvalue weighted by Gasteiger charge is 2.17. The lowest BCUT2D eigenvalue weighted by molar-refractivity contribution is 0.821. The van der Waals surface area contributed by atoms with Crippen LogP contribution in [0, 0.1) is 0 Å². The summed E-state index contributed by atoms with van der Waals surface area (Å²) in [6, 6.07) is 15.3. The standard InChI is InChI=1S/C17H21NS/c18-17(12-19-16-7-3-4-8-16)15-10-9-13-5-1-2-6-14(13)11-15/h1-2,5-6,9-11,16-17H,3-4,7-8,12,18H2. The van der Waals surface area contributed by atoms with Crippen LogP contribution in [0.2, 0.25) is 0 Å². The molecule has 1 unspecified atom stereocenters. The van der Waals surface area contributed by atoms with E-state index in [0.717, 1.165) is 11.0 Å². The molecule has 1 nitrogen and oxygen atoms in total. The van der Waals surface area contributed by atoms with Gasteiger partial charge < -0.3 is 5.73 Å². The molecule has 0 amide bonds. The Kier molecular flexibility index (Phi) is 4.09. The molecule has 1 aliphatic rings. The molecule has 0 saturated heterocycles. The first kappa shape index (κ1) is 13.0. The topological polar surface area (TPSA) is 26.0 Å². The second-order valence-electron chi connectivity index (χ2n) is 5.45. The van der Waals surface area contributed by atoms with Gasteiger partial charge in [0.25, 0.3) is 0 Å². The quantitative estimate of drug-likeness (QED) is 0.885. The van der Waals surface area contributed by atoms with E-state index in [2.05, 4.69) is 54.2 Å². The number of fused-ring (bicyclic) bond motifs is 1. The lowest BCUT2D eigenvalue weighted by Crippen LogP contribution is -2.14. The van der Waals surface area contributed by atoms with Gasteiger partial charge in [-0.25, -0.2) is 0 Å². The molecule has 1 aliphatic carbocycles. The zero-order chi connectivity index (χ0) is 13.1. The van der Waals surface area contributed by atoms with Crippen LogP contribution < -0.4 is 5.73 Å². The fraction of sp³-hybridized carbons (Fsp3) is 0.412. The van der Waals surface area contributed by atoms with E-state index in [-0.39, 0.29) is 6.04 Å². The van der Waals surface area contributed by atoms with Gasteiger partial charge in [0, 0.05) is 17.0 Å². The second-order valence-corrected chi connectivity index (χ2v) is 6.79. The van der Waals surface area contributed by atoms with E-state index in [4.69, 9.17) is 5.73 Å². The van der Waals surface area contributed by atoms with Gasteiger partial charge in [-0.1, -0.05) is 49.2 Å². The first-order chi connectivity index (χ1) is 9.33. The Labute approximate surface area is 119 Å². The zero-order valence-corrected chi connectivity index (χ0v) is 12.0. The molecule has 3 rings (SSSR count). The van der Waals surface area contributed by atoms with Crippen LogP contribution in [0.5, 0.6) is 0 Å². The van der Waals surface area contributed by atoms with Crippen molar-refractivity contribution in [1.82, 2.24) is 0 Å². The van der Waals surface area contributed by atoms with E-state index in [1.54, 1.807) is 0 Å². The fourth-order valence-electron chi connectivity index (χ4n) is 2.83. The Morgan fingerprint density at radius 3 is 2.58 bits per heavy atom. The smallest absolute Gasteiger partial charge is 0.0387 e. The molecule has 100 valence electrons.